The van der Waals surface area contributed by atoms with Gasteiger partial charge in [0.15, 0.2) is 6.61 Å². The molecule has 1 atom stereocenters. The van der Waals surface area contributed by atoms with Crippen molar-refractivity contribution in [2.45, 2.75) is 32.2 Å². The minimum absolute atomic E-state index is 0.0145. The zero-order valence-electron chi connectivity index (χ0n) is 11.4. The lowest BCUT2D eigenvalue weighted by Gasteiger charge is -2.19. The van der Waals surface area contributed by atoms with Crippen LogP contribution in [0.15, 0.2) is 18.2 Å². The fourth-order valence-corrected chi connectivity index (χ4v) is 1.95. The van der Waals surface area contributed by atoms with Crippen LogP contribution in [0.25, 0.3) is 0 Å². The van der Waals surface area contributed by atoms with Gasteiger partial charge in [-0.2, -0.15) is 0 Å². The van der Waals surface area contributed by atoms with Crippen molar-refractivity contribution in [3.8, 4) is 5.75 Å². The second-order valence-corrected chi connectivity index (χ2v) is 4.79. The van der Waals surface area contributed by atoms with Crippen LogP contribution in [0.1, 0.15) is 26.2 Å². The van der Waals surface area contributed by atoms with Gasteiger partial charge >= 0.3 is 0 Å². The number of anilines is 2. The minimum Gasteiger partial charge on any atom is -0.482 e. The van der Waals surface area contributed by atoms with Crippen molar-refractivity contribution in [2.75, 3.05) is 17.2 Å². The minimum atomic E-state index is -0.517. The molecule has 0 bridgehead atoms. The predicted octanol–water partition coefficient (Wildman–Crippen LogP) is 1.47. The van der Waals surface area contributed by atoms with E-state index in [1.54, 1.807) is 18.2 Å². The molecule has 0 saturated carbocycles. The fourth-order valence-electron chi connectivity index (χ4n) is 1.95. The first-order valence-corrected chi connectivity index (χ1v) is 6.73. The van der Waals surface area contributed by atoms with E-state index in [2.05, 4.69) is 17.6 Å². The van der Waals surface area contributed by atoms with Gasteiger partial charge in [-0.15, -0.1) is 0 Å². The van der Waals surface area contributed by atoms with Gasteiger partial charge in [0.25, 0.3) is 5.91 Å². The highest BCUT2D eigenvalue weighted by molar-refractivity contribution is 5.98. The first-order chi connectivity index (χ1) is 9.60. The summed E-state index contributed by atoms with van der Waals surface area (Å²) in [6.45, 7) is 2.07. The summed E-state index contributed by atoms with van der Waals surface area (Å²) in [5, 5.41) is 5.44. The van der Waals surface area contributed by atoms with E-state index in [1.165, 1.54) is 0 Å². The van der Waals surface area contributed by atoms with Crippen molar-refractivity contribution in [1.82, 2.24) is 0 Å². The molecule has 1 aliphatic heterocycles. The molecule has 6 nitrogen and oxygen atoms in total. The average Bonchev–Trinajstić information content (AvgIpc) is 2.44. The highest BCUT2D eigenvalue weighted by Gasteiger charge is 2.17. The Kier molecular flexibility index (Phi) is 4.57. The summed E-state index contributed by atoms with van der Waals surface area (Å²) in [5.74, 6) is 0.167. The van der Waals surface area contributed by atoms with Gasteiger partial charge < -0.3 is 21.1 Å². The Morgan fingerprint density at radius 3 is 3.10 bits per heavy atom. The van der Waals surface area contributed by atoms with Crippen molar-refractivity contribution in [2.24, 2.45) is 5.73 Å². The smallest absolute Gasteiger partial charge is 0.262 e. The van der Waals surface area contributed by atoms with Crippen LogP contribution in [0.2, 0.25) is 0 Å². The van der Waals surface area contributed by atoms with Gasteiger partial charge in [0.05, 0.1) is 11.7 Å². The molecule has 1 aromatic carbocycles. The molecule has 4 N–H and O–H groups in total. The largest absolute Gasteiger partial charge is 0.482 e. The number of rotatable bonds is 5. The lowest BCUT2D eigenvalue weighted by atomic mass is 10.1. The normalized spacial score (nSPS) is 14.8. The Morgan fingerprint density at radius 1 is 1.55 bits per heavy atom. The maximum atomic E-state index is 11.9. The molecule has 0 saturated heterocycles. The van der Waals surface area contributed by atoms with Gasteiger partial charge in [-0.05, 0) is 24.6 Å². The highest BCUT2D eigenvalue weighted by Crippen LogP contribution is 2.30. The molecular weight excluding hydrogens is 258 g/mol. The van der Waals surface area contributed by atoms with Crippen LogP contribution < -0.4 is 21.1 Å². The zero-order valence-corrected chi connectivity index (χ0v) is 11.4. The summed E-state index contributed by atoms with van der Waals surface area (Å²) in [6.07, 6.45) is 2.58. The third kappa shape index (κ3) is 3.48. The molecule has 0 fully saturated rings. The van der Waals surface area contributed by atoms with E-state index < -0.39 is 6.04 Å². The molecule has 0 radical (unpaired) electrons. The Labute approximate surface area is 117 Å². The summed E-state index contributed by atoms with van der Waals surface area (Å²) < 4.78 is 5.25. The fraction of sp³-hybridized carbons (Fsp3) is 0.429. The molecule has 108 valence electrons. The Balaban J connectivity index is 2.01. The quantitative estimate of drug-likeness (QED) is 0.759. The number of fused-ring (bicyclic) bond motifs is 1. The van der Waals surface area contributed by atoms with Crippen LogP contribution >= 0.6 is 0 Å². The zero-order chi connectivity index (χ0) is 14.5. The SMILES string of the molecule is CCCCC(N)C(=O)Nc1ccc2c(c1)NC(=O)CO2. The highest BCUT2D eigenvalue weighted by atomic mass is 16.5. The van der Waals surface area contributed by atoms with Gasteiger partial charge in [0.2, 0.25) is 5.91 Å². The van der Waals surface area contributed by atoms with Crippen LogP contribution in [0, 0.1) is 0 Å². The van der Waals surface area contributed by atoms with E-state index >= 15 is 0 Å². The van der Waals surface area contributed by atoms with Crippen LogP contribution in [-0.2, 0) is 9.59 Å². The Bertz CT molecular complexity index is 516. The molecule has 0 aromatic heterocycles. The number of carbonyl (C=O) groups excluding carboxylic acids is 2. The summed E-state index contributed by atoms with van der Waals surface area (Å²) in [6, 6.07) is 4.58. The molecule has 1 aliphatic rings. The van der Waals surface area contributed by atoms with Crippen molar-refractivity contribution < 1.29 is 14.3 Å². The number of nitrogens with one attached hydrogen (secondary N) is 2. The van der Waals surface area contributed by atoms with E-state index in [0.717, 1.165) is 12.8 Å². The summed E-state index contributed by atoms with van der Waals surface area (Å²) >= 11 is 0. The van der Waals surface area contributed by atoms with E-state index in [0.29, 0.717) is 23.5 Å². The lowest BCUT2D eigenvalue weighted by molar-refractivity contribution is -0.119. The monoisotopic (exact) mass is 277 g/mol. The molecule has 0 aliphatic carbocycles. The molecule has 20 heavy (non-hydrogen) atoms. The second kappa shape index (κ2) is 6.38. The van der Waals surface area contributed by atoms with E-state index in [4.69, 9.17) is 10.5 Å². The Hall–Kier alpha value is -2.08. The van der Waals surface area contributed by atoms with Crippen LogP contribution in [0.5, 0.6) is 5.75 Å². The van der Waals surface area contributed by atoms with E-state index in [1.807, 2.05) is 0 Å². The van der Waals surface area contributed by atoms with Crippen LogP contribution in [0.4, 0.5) is 11.4 Å². The first kappa shape index (κ1) is 14.3. The number of amides is 2. The molecule has 1 heterocycles. The van der Waals surface area contributed by atoms with Gasteiger partial charge in [0.1, 0.15) is 5.75 Å². The number of hydrogen-bond acceptors (Lipinski definition) is 4. The molecule has 6 heteroatoms. The maximum Gasteiger partial charge on any atom is 0.262 e. The number of carbonyl (C=O) groups is 2. The number of benzene rings is 1. The Morgan fingerprint density at radius 2 is 2.35 bits per heavy atom. The summed E-state index contributed by atoms with van der Waals surface area (Å²) in [7, 11) is 0. The number of hydrogen-bond donors (Lipinski definition) is 3. The lowest BCUT2D eigenvalue weighted by Crippen LogP contribution is -2.35. The van der Waals surface area contributed by atoms with Crippen molar-refractivity contribution in [3.63, 3.8) is 0 Å². The predicted molar refractivity (Wildman–Crippen MR) is 76.7 cm³/mol. The number of nitrogens with two attached hydrogens (primary N) is 1. The molecule has 2 rings (SSSR count). The van der Waals surface area contributed by atoms with Crippen LogP contribution in [-0.4, -0.2) is 24.5 Å². The van der Waals surface area contributed by atoms with Crippen molar-refractivity contribution in [3.05, 3.63) is 18.2 Å². The molecular formula is C14H19N3O3. The number of ether oxygens (including phenoxy) is 1. The van der Waals surface area contributed by atoms with E-state index in [-0.39, 0.29) is 18.4 Å². The molecule has 1 unspecified atom stereocenters. The standard InChI is InChI=1S/C14H19N3O3/c1-2-3-4-10(15)14(19)16-9-5-6-12-11(7-9)17-13(18)8-20-12/h5-7,10H,2-4,8,15H2,1H3,(H,16,19)(H,17,18). The van der Waals surface area contributed by atoms with Crippen LogP contribution in [0.3, 0.4) is 0 Å². The maximum absolute atomic E-state index is 11.9. The second-order valence-electron chi connectivity index (χ2n) is 4.79. The summed E-state index contributed by atoms with van der Waals surface area (Å²) in [4.78, 5) is 23.1. The van der Waals surface area contributed by atoms with Crippen molar-refractivity contribution in [1.29, 1.82) is 0 Å². The number of unbranched alkanes of at least 4 members (excludes halogenated alkanes) is 1. The van der Waals surface area contributed by atoms with Gasteiger partial charge in [-0.1, -0.05) is 19.8 Å². The topological polar surface area (TPSA) is 93.5 Å². The molecule has 1 aromatic rings. The summed E-state index contributed by atoms with van der Waals surface area (Å²) in [5.41, 5.74) is 6.95. The van der Waals surface area contributed by atoms with Gasteiger partial charge in [0, 0.05) is 5.69 Å². The van der Waals surface area contributed by atoms with Crippen molar-refractivity contribution >= 4 is 23.2 Å². The van der Waals surface area contributed by atoms with E-state index in [9.17, 15) is 9.59 Å². The average molecular weight is 277 g/mol. The third-order valence-corrected chi connectivity index (χ3v) is 3.09. The molecule has 2 amide bonds. The van der Waals surface area contributed by atoms with Gasteiger partial charge in [-0.25, -0.2) is 0 Å². The third-order valence-electron chi connectivity index (χ3n) is 3.09. The first-order valence-electron chi connectivity index (χ1n) is 6.73. The molecule has 0 spiro atoms. The van der Waals surface area contributed by atoms with Gasteiger partial charge in [-0.3, -0.25) is 9.59 Å².